The Morgan fingerprint density at radius 1 is 1.00 bits per heavy atom. The highest BCUT2D eigenvalue weighted by atomic mass is 19.3. The number of primary amides is 1. The summed E-state index contributed by atoms with van der Waals surface area (Å²) in [5.41, 5.74) is 12.6. The highest BCUT2D eigenvalue weighted by Crippen LogP contribution is 2.49. The van der Waals surface area contributed by atoms with Gasteiger partial charge < -0.3 is 16.4 Å². The normalized spacial score (nSPS) is 18.8. The number of nitrogens with zero attached hydrogens (tertiary/aromatic N) is 2. The summed E-state index contributed by atoms with van der Waals surface area (Å²) in [5, 5.41) is 9.77. The molecule has 0 aliphatic heterocycles. The number of carbonyl (C=O) groups excluding carboxylic acids is 2. The summed E-state index contributed by atoms with van der Waals surface area (Å²) in [6.07, 6.45) is -0.357. The maximum absolute atomic E-state index is 14.5. The van der Waals surface area contributed by atoms with Gasteiger partial charge in [-0.3, -0.25) is 9.59 Å². The maximum Gasteiger partial charge on any atom is 0.262 e. The van der Waals surface area contributed by atoms with Crippen molar-refractivity contribution in [3.8, 4) is 17.2 Å². The van der Waals surface area contributed by atoms with Crippen LogP contribution in [0.15, 0.2) is 48.5 Å². The van der Waals surface area contributed by atoms with Crippen molar-refractivity contribution in [3.05, 3.63) is 59.7 Å². The predicted molar refractivity (Wildman–Crippen MR) is 133 cm³/mol. The molecular formula is C28H32F2N4O2. The van der Waals surface area contributed by atoms with Crippen LogP contribution < -0.4 is 11.5 Å². The zero-order valence-electron chi connectivity index (χ0n) is 20.6. The van der Waals surface area contributed by atoms with Crippen LogP contribution in [-0.4, -0.2) is 34.7 Å². The van der Waals surface area contributed by atoms with Crippen LogP contribution in [0.2, 0.25) is 0 Å². The van der Waals surface area contributed by atoms with Gasteiger partial charge in [-0.25, -0.2) is 8.78 Å². The lowest BCUT2D eigenvalue weighted by molar-refractivity contribution is -0.142. The molecule has 2 saturated carbocycles. The molecule has 4 N–H and O–H groups in total. The fourth-order valence-electron chi connectivity index (χ4n) is 4.99. The molecule has 0 unspecified atom stereocenters. The van der Waals surface area contributed by atoms with Crippen LogP contribution in [0.4, 0.5) is 8.78 Å². The van der Waals surface area contributed by atoms with Gasteiger partial charge in [0.05, 0.1) is 17.5 Å². The molecule has 0 aromatic heterocycles. The number of nitrogens with two attached hydrogens (primary N) is 2. The first kappa shape index (κ1) is 25.8. The average Bonchev–Trinajstić information content (AvgIpc) is 3.76. The van der Waals surface area contributed by atoms with Crippen molar-refractivity contribution in [2.24, 2.45) is 17.4 Å². The van der Waals surface area contributed by atoms with Crippen LogP contribution in [0, 0.1) is 17.2 Å². The van der Waals surface area contributed by atoms with Crippen LogP contribution in [-0.2, 0) is 15.0 Å². The summed E-state index contributed by atoms with van der Waals surface area (Å²) in [6, 6.07) is 13.7. The van der Waals surface area contributed by atoms with E-state index in [0.717, 1.165) is 34.4 Å². The molecule has 4 rings (SSSR count). The largest absolute Gasteiger partial charge is 0.369 e. The van der Waals surface area contributed by atoms with Gasteiger partial charge in [0, 0.05) is 0 Å². The minimum Gasteiger partial charge on any atom is -0.369 e. The van der Waals surface area contributed by atoms with Gasteiger partial charge in [0.1, 0.15) is 11.6 Å². The Morgan fingerprint density at radius 2 is 1.53 bits per heavy atom. The highest BCUT2D eigenvalue weighted by molar-refractivity contribution is 5.90. The van der Waals surface area contributed by atoms with Gasteiger partial charge >= 0.3 is 0 Å². The fourth-order valence-corrected chi connectivity index (χ4v) is 4.99. The molecule has 0 saturated heterocycles. The molecule has 2 aliphatic carbocycles. The van der Waals surface area contributed by atoms with E-state index in [2.05, 4.69) is 6.07 Å². The van der Waals surface area contributed by atoms with Crippen LogP contribution in [0.25, 0.3) is 11.1 Å². The number of alkyl halides is 2. The lowest BCUT2D eigenvalue weighted by Crippen LogP contribution is -2.53. The van der Waals surface area contributed by atoms with Gasteiger partial charge in [-0.2, -0.15) is 5.26 Å². The topological polar surface area (TPSA) is 113 Å². The molecule has 0 bridgehead atoms. The molecular weight excluding hydrogens is 462 g/mol. The molecule has 2 fully saturated rings. The zero-order valence-corrected chi connectivity index (χ0v) is 20.6. The van der Waals surface area contributed by atoms with Crippen molar-refractivity contribution < 1.29 is 18.4 Å². The van der Waals surface area contributed by atoms with E-state index in [9.17, 15) is 23.6 Å². The molecule has 2 aromatic carbocycles. The van der Waals surface area contributed by atoms with Gasteiger partial charge in [0.2, 0.25) is 11.8 Å². The van der Waals surface area contributed by atoms with E-state index in [0.29, 0.717) is 19.3 Å². The number of benzene rings is 2. The zero-order chi connectivity index (χ0) is 26.3. The Hall–Kier alpha value is -3.31. The SMILES string of the molecule is CC(C)C[C@H](N)C(=O)N([C@@H](c1ccc(-c2ccc(C3(C(N)=O)CC3)cc2)cc1)C(F)F)C1(C#N)CC1. The lowest BCUT2D eigenvalue weighted by Gasteiger charge is -2.37. The Morgan fingerprint density at radius 3 is 1.92 bits per heavy atom. The molecule has 2 aromatic rings. The van der Waals surface area contributed by atoms with Crippen LogP contribution in [0.5, 0.6) is 0 Å². The van der Waals surface area contributed by atoms with Gasteiger partial charge in [0.15, 0.2) is 0 Å². The van der Waals surface area contributed by atoms with E-state index < -0.39 is 35.4 Å². The quantitative estimate of drug-likeness (QED) is 0.508. The first-order valence-corrected chi connectivity index (χ1v) is 12.3. The van der Waals surface area contributed by atoms with Crippen molar-refractivity contribution in [2.75, 3.05) is 0 Å². The first-order valence-electron chi connectivity index (χ1n) is 12.3. The number of halogens is 2. The molecule has 0 heterocycles. The molecule has 36 heavy (non-hydrogen) atoms. The summed E-state index contributed by atoms with van der Waals surface area (Å²) >= 11 is 0. The number of nitriles is 1. The second-order valence-corrected chi connectivity index (χ2v) is 10.5. The van der Waals surface area contributed by atoms with E-state index in [1.165, 1.54) is 0 Å². The fraction of sp³-hybridized carbons (Fsp3) is 0.464. The first-order chi connectivity index (χ1) is 17.0. The number of carbonyl (C=O) groups is 2. The van der Waals surface area contributed by atoms with E-state index >= 15 is 0 Å². The van der Waals surface area contributed by atoms with E-state index in [4.69, 9.17) is 11.5 Å². The summed E-state index contributed by atoms with van der Waals surface area (Å²) in [5.74, 6) is -0.830. The molecule has 0 spiro atoms. The van der Waals surface area contributed by atoms with Crippen LogP contribution >= 0.6 is 0 Å². The monoisotopic (exact) mass is 494 g/mol. The van der Waals surface area contributed by atoms with E-state index in [1.807, 2.05) is 38.1 Å². The maximum atomic E-state index is 14.5. The smallest absolute Gasteiger partial charge is 0.262 e. The van der Waals surface area contributed by atoms with Crippen molar-refractivity contribution in [1.82, 2.24) is 4.90 Å². The van der Waals surface area contributed by atoms with Crippen LogP contribution in [0.3, 0.4) is 0 Å². The van der Waals surface area contributed by atoms with Gasteiger partial charge in [-0.1, -0.05) is 62.4 Å². The summed E-state index contributed by atoms with van der Waals surface area (Å²) in [7, 11) is 0. The Labute approximate surface area is 210 Å². The number of hydrogen-bond acceptors (Lipinski definition) is 4. The third kappa shape index (κ3) is 4.72. The number of amides is 2. The van der Waals surface area contributed by atoms with Gasteiger partial charge in [-0.05, 0) is 60.3 Å². The Kier molecular flexibility index (Phi) is 6.89. The van der Waals surface area contributed by atoms with Crippen LogP contribution in [0.1, 0.15) is 63.1 Å². The molecule has 2 amide bonds. The third-order valence-corrected chi connectivity index (χ3v) is 7.43. The van der Waals surface area contributed by atoms with E-state index in [1.54, 1.807) is 24.3 Å². The minimum absolute atomic E-state index is 0.108. The minimum atomic E-state index is -2.89. The van der Waals surface area contributed by atoms with Crippen molar-refractivity contribution in [3.63, 3.8) is 0 Å². The molecule has 0 radical (unpaired) electrons. The van der Waals surface area contributed by atoms with Gasteiger partial charge in [-0.15, -0.1) is 0 Å². The average molecular weight is 495 g/mol. The van der Waals surface area contributed by atoms with Crippen molar-refractivity contribution >= 4 is 11.8 Å². The lowest BCUT2D eigenvalue weighted by atomic mass is 9.92. The third-order valence-electron chi connectivity index (χ3n) is 7.43. The second-order valence-electron chi connectivity index (χ2n) is 10.5. The number of rotatable bonds is 10. The molecule has 6 nitrogen and oxygen atoms in total. The Bertz CT molecular complexity index is 1160. The Balaban J connectivity index is 1.62. The molecule has 2 aliphatic rings. The molecule has 190 valence electrons. The standard InChI is InChI=1S/C28H32F2N4O2/c1-17(2)15-22(32)25(35)34(27(16-31)11-12-27)23(24(29)30)20-5-3-18(4-6-20)19-7-9-21(10-8-19)28(13-14-28)26(33)36/h3-10,17,22-24H,11-15,32H2,1-2H3,(H2,33,36)/t22-,23-/m0/s1. The predicted octanol–water partition coefficient (Wildman–Crippen LogP) is 4.43. The highest BCUT2D eigenvalue weighted by Gasteiger charge is 2.56. The van der Waals surface area contributed by atoms with Gasteiger partial charge in [0.25, 0.3) is 6.43 Å². The van der Waals surface area contributed by atoms with E-state index in [-0.39, 0.29) is 17.4 Å². The summed E-state index contributed by atoms with van der Waals surface area (Å²) < 4.78 is 29.0. The van der Waals surface area contributed by atoms with Crippen molar-refractivity contribution in [2.45, 2.75) is 75.4 Å². The molecule has 2 atom stereocenters. The molecule has 8 heteroatoms. The summed E-state index contributed by atoms with van der Waals surface area (Å²) in [4.78, 5) is 26.1. The second kappa shape index (κ2) is 9.62. The summed E-state index contributed by atoms with van der Waals surface area (Å²) in [6.45, 7) is 3.81. The van der Waals surface area contributed by atoms with Crippen molar-refractivity contribution in [1.29, 1.82) is 5.26 Å². The number of hydrogen-bond donors (Lipinski definition) is 2.